The Kier molecular flexibility index (Phi) is 4.32. The van der Waals surface area contributed by atoms with Crippen molar-refractivity contribution >= 4 is 29.1 Å². The summed E-state index contributed by atoms with van der Waals surface area (Å²) in [6, 6.07) is 8.65. The van der Waals surface area contributed by atoms with Gasteiger partial charge in [0, 0.05) is 18.2 Å². The van der Waals surface area contributed by atoms with Crippen LogP contribution in [0.3, 0.4) is 0 Å². The van der Waals surface area contributed by atoms with Crippen LogP contribution in [0.1, 0.15) is 21.7 Å². The highest BCUT2D eigenvalue weighted by Gasteiger charge is 2.10. The molecular weight excluding hydrogens is 335 g/mol. The first kappa shape index (κ1) is 15.5. The number of carbonyl (C=O) groups is 1. The lowest BCUT2D eigenvalue weighted by atomic mass is 10.1. The van der Waals surface area contributed by atoms with Crippen LogP contribution in [-0.4, -0.2) is 20.9 Å². The minimum absolute atomic E-state index is 0.393. The lowest BCUT2D eigenvalue weighted by Crippen LogP contribution is -2.11. The van der Waals surface area contributed by atoms with Crippen molar-refractivity contribution in [3.63, 3.8) is 0 Å². The van der Waals surface area contributed by atoms with Crippen molar-refractivity contribution < 1.29 is 4.79 Å². The fraction of sp³-hybridized carbons (Fsp3) is 0.0625. The minimum Gasteiger partial charge on any atom is -0.366 e. The number of rotatable bonds is 4. The summed E-state index contributed by atoms with van der Waals surface area (Å²) in [6.07, 6.45) is 3.69. The van der Waals surface area contributed by atoms with Gasteiger partial charge in [-0.3, -0.25) is 9.78 Å². The molecule has 0 aliphatic rings. The molecule has 0 fully saturated rings. The van der Waals surface area contributed by atoms with Crippen molar-refractivity contribution in [3.8, 4) is 11.4 Å². The highest BCUT2D eigenvalue weighted by molar-refractivity contribution is 6.42. The van der Waals surface area contributed by atoms with Crippen LogP contribution in [0.25, 0.3) is 11.4 Å². The number of halogens is 2. The van der Waals surface area contributed by atoms with E-state index in [2.05, 4.69) is 15.0 Å². The molecule has 1 aromatic carbocycles. The third-order valence-electron chi connectivity index (χ3n) is 3.34. The van der Waals surface area contributed by atoms with E-state index in [1.165, 1.54) is 6.20 Å². The Morgan fingerprint density at radius 3 is 2.83 bits per heavy atom. The number of nitrogens with one attached hydrogen (secondary N) is 1. The number of aromatic amines is 1. The molecule has 0 spiro atoms. The number of hydrogen-bond acceptors (Lipinski definition) is 3. The molecule has 2 heterocycles. The fourth-order valence-corrected chi connectivity index (χ4v) is 2.57. The lowest BCUT2D eigenvalue weighted by Gasteiger charge is -2.03. The van der Waals surface area contributed by atoms with Gasteiger partial charge in [0.2, 0.25) is 5.91 Å². The second-order valence-electron chi connectivity index (χ2n) is 4.93. The van der Waals surface area contributed by atoms with Crippen LogP contribution in [0.15, 0.2) is 42.7 Å². The standard InChI is InChI=1S/C16H12Cl2N4O/c17-11-3-1-2-9(15(11)18)7-14-21-8-13(22-14)12-6-10(16(19)23)4-5-20-12/h1-6,8H,7H2,(H2,19,23)(H,21,22). The summed E-state index contributed by atoms with van der Waals surface area (Å²) in [5.41, 5.74) is 7.84. The SMILES string of the molecule is NC(=O)c1ccnc(-c2cnc(Cc3cccc(Cl)c3Cl)[nH]2)c1. The molecule has 0 radical (unpaired) electrons. The molecular formula is C16H12Cl2N4O. The molecule has 0 aliphatic carbocycles. The molecule has 0 unspecified atom stereocenters. The highest BCUT2D eigenvalue weighted by Crippen LogP contribution is 2.27. The molecule has 23 heavy (non-hydrogen) atoms. The van der Waals surface area contributed by atoms with Crippen molar-refractivity contribution in [2.75, 3.05) is 0 Å². The fourth-order valence-electron chi connectivity index (χ4n) is 2.18. The van der Waals surface area contributed by atoms with Crippen LogP contribution < -0.4 is 5.73 Å². The third kappa shape index (κ3) is 3.36. The molecule has 3 aromatic rings. The van der Waals surface area contributed by atoms with Gasteiger partial charge in [-0.15, -0.1) is 0 Å². The van der Waals surface area contributed by atoms with E-state index in [1.54, 1.807) is 24.4 Å². The lowest BCUT2D eigenvalue weighted by molar-refractivity contribution is 0.1000. The second-order valence-corrected chi connectivity index (χ2v) is 5.71. The molecule has 2 aromatic heterocycles. The predicted octanol–water partition coefficient (Wildman–Crippen LogP) is 3.47. The Hall–Kier alpha value is -2.37. The van der Waals surface area contributed by atoms with Gasteiger partial charge in [0.1, 0.15) is 5.82 Å². The maximum absolute atomic E-state index is 11.2. The Morgan fingerprint density at radius 2 is 2.04 bits per heavy atom. The zero-order valence-corrected chi connectivity index (χ0v) is 13.4. The summed E-state index contributed by atoms with van der Waals surface area (Å²) in [4.78, 5) is 22.9. The maximum Gasteiger partial charge on any atom is 0.248 e. The van der Waals surface area contributed by atoms with E-state index in [-0.39, 0.29) is 0 Å². The van der Waals surface area contributed by atoms with E-state index >= 15 is 0 Å². The zero-order chi connectivity index (χ0) is 16.4. The van der Waals surface area contributed by atoms with Gasteiger partial charge in [0.15, 0.2) is 0 Å². The number of nitrogens with zero attached hydrogens (tertiary/aromatic N) is 2. The van der Waals surface area contributed by atoms with Crippen molar-refractivity contribution in [1.82, 2.24) is 15.0 Å². The summed E-state index contributed by atoms with van der Waals surface area (Å²) in [6.45, 7) is 0. The van der Waals surface area contributed by atoms with Gasteiger partial charge in [-0.05, 0) is 23.8 Å². The molecule has 0 aliphatic heterocycles. The number of benzene rings is 1. The number of primary amides is 1. The number of imidazole rings is 1. The third-order valence-corrected chi connectivity index (χ3v) is 4.20. The van der Waals surface area contributed by atoms with Gasteiger partial charge in [-0.25, -0.2) is 4.98 Å². The summed E-state index contributed by atoms with van der Waals surface area (Å²) >= 11 is 12.2. The average molecular weight is 347 g/mol. The number of H-pyrrole nitrogens is 1. The molecule has 0 saturated carbocycles. The Labute approximate surface area is 142 Å². The number of carbonyl (C=O) groups excluding carboxylic acids is 1. The molecule has 5 nitrogen and oxygen atoms in total. The molecule has 3 N–H and O–H groups in total. The maximum atomic E-state index is 11.2. The topological polar surface area (TPSA) is 84.7 Å². The number of pyridine rings is 1. The van der Waals surface area contributed by atoms with Crippen molar-refractivity contribution in [2.24, 2.45) is 5.73 Å². The van der Waals surface area contributed by atoms with E-state index in [9.17, 15) is 4.79 Å². The first-order chi connectivity index (χ1) is 11.0. The van der Waals surface area contributed by atoms with Gasteiger partial charge in [0.05, 0.1) is 27.6 Å². The van der Waals surface area contributed by atoms with Gasteiger partial charge in [0.25, 0.3) is 0 Å². The van der Waals surface area contributed by atoms with E-state index in [1.807, 2.05) is 12.1 Å². The minimum atomic E-state index is -0.501. The van der Waals surface area contributed by atoms with E-state index in [0.717, 1.165) is 11.4 Å². The first-order valence-electron chi connectivity index (χ1n) is 6.77. The summed E-state index contributed by atoms with van der Waals surface area (Å²) < 4.78 is 0. The molecule has 0 saturated heterocycles. The first-order valence-corrected chi connectivity index (χ1v) is 7.53. The second kappa shape index (κ2) is 6.40. The quantitative estimate of drug-likeness (QED) is 0.758. The monoisotopic (exact) mass is 346 g/mol. The summed E-state index contributed by atoms with van der Waals surface area (Å²) in [7, 11) is 0. The summed E-state index contributed by atoms with van der Waals surface area (Å²) in [5.74, 6) is 0.217. The van der Waals surface area contributed by atoms with Crippen molar-refractivity contribution in [1.29, 1.82) is 0 Å². The van der Waals surface area contributed by atoms with E-state index in [0.29, 0.717) is 33.4 Å². The highest BCUT2D eigenvalue weighted by atomic mass is 35.5. The predicted molar refractivity (Wildman–Crippen MR) is 89.6 cm³/mol. The number of nitrogens with two attached hydrogens (primary N) is 1. The average Bonchev–Trinajstić information content (AvgIpc) is 3.00. The van der Waals surface area contributed by atoms with Gasteiger partial charge >= 0.3 is 0 Å². The molecule has 0 atom stereocenters. The van der Waals surface area contributed by atoms with Crippen LogP contribution in [-0.2, 0) is 6.42 Å². The summed E-state index contributed by atoms with van der Waals surface area (Å²) in [5, 5.41) is 1.02. The number of aromatic nitrogens is 3. The smallest absolute Gasteiger partial charge is 0.248 e. The van der Waals surface area contributed by atoms with Crippen LogP contribution in [0.4, 0.5) is 0 Å². The Morgan fingerprint density at radius 1 is 1.22 bits per heavy atom. The van der Waals surface area contributed by atoms with E-state index < -0.39 is 5.91 Å². The molecule has 116 valence electrons. The van der Waals surface area contributed by atoms with E-state index in [4.69, 9.17) is 28.9 Å². The van der Waals surface area contributed by atoms with Gasteiger partial charge in [-0.2, -0.15) is 0 Å². The number of hydrogen-bond donors (Lipinski definition) is 2. The Bertz CT molecular complexity index is 876. The van der Waals surface area contributed by atoms with Crippen LogP contribution in [0.5, 0.6) is 0 Å². The van der Waals surface area contributed by atoms with Crippen LogP contribution in [0.2, 0.25) is 10.0 Å². The van der Waals surface area contributed by atoms with Gasteiger partial charge in [-0.1, -0.05) is 35.3 Å². The van der Waals surface area contributed by atoms with Crippen LogP contribution in [0, 0.1) is 0 Å². The Balaban J connectivity index is 1.87. The largest absolute Gasteiger partial charge is 0.366 e. The van der Waals surface area contributed by atoms with Crippen molar-refractivity contribution in [3.05, 3.63) is 69.7 Å². The van der Waals surface area contributed by atoms with Crippen molar-refractivity contribution in [2.45, 2.75) is 6.42 Å². The zero-order valence-electron chi connectivity index (χ0n) is 11.9. The normalized spacial score (nSPS) is 10.7. The number of amides is 1. The van der Waals surface area contributed by atoms with Crippen LogP contribution >= 0.6 is 23.2 Å². The molecule has 0 bridgehead atoms. The molecule has 1 amide bonds. The molecule has 7 heteroatoms. The molecule has 3 rings (SSSR count). The van der Waals surface area contributed by atoms with Gasteiger partial charge < -0.3 is 10.7 Å².